The minimum absolute atomic E-state index is 0.0291. The molecule has 0 saturated carbocycles. The molecule has 2 aromatic rings. The highest BCUT2D eigenvalue weighted by Gasteiger charge is 2.39. The first-order valence-corrected chi connectivity index (χ1v) is 7.11. The molecule has 5 nitrogen and oxygen atoms in total. The van der Waals surface area contributed by atoms with Gasteiger partial charge in [0.1, 0.15) is 17.6 Å². The Labute approximate surface area is 132 Å². The van der Waals surface area contributed by atoms with Gasteiger partial charge in [0.05, 0.1) is 19.2 Å². The van der Waals surface area contributed by atoms with Crippen molar-refractivity contribution < 1.29 is 18.7 Å². The monoisotopic (exact) mass is 314 g/mol. The van der Waals surface area contributed by atoms with E-state index < -0.39 is 11.9 Å². The Morgan fingerprint density at radius 3 is 2.57 bits per heavy atom. The maximum atomic E-state index is 13.2. The summed E-state index contributed by atoms with van der Waals surface area (Å²) in [5.41, 5.74) is 0.956. The van der Waals surface area contributed by atoms with Crippen LogP contribution in [0.2, 0.25) is 0 Å². The molecule has 0 aromatic heterocycles. The number of benzene rings is 2. The van der Waals surface area contributed by atoms with Crippen LogP contribution in [0, 0.1) is 5.82 Å². The summed E-state index contributed by atoms with van der Waals surface area (Å²) in [6, 6.07) is 11.8. The van der Waals surface area contributed by atoms with Crippen LogP contribution in [-0.4, -0.2) is 25.0 Å². The summed E-state index contributed by atoms with van der Waals surface area (Å²) in [5.74, 6) is -0.417. The molecule has 0 radical (unpaired) electrons. The van der Waals surface area contributed by atoms with Crippen molar-refractivity contribution in [1.82, 2.24) is 0 Å². The second-order valence-electron chi connectivity index (χ2n) is 5.18. The van der Waals surface area contributed by atoms with Gasteiger partial charge in [-0.05, 0) is 42.5 Å². The van der Waals surface area contributed by atoms with Crippen LogP contribution in [0.5, 0.6) is 5.75 Å². The quantitative estimate of drug-likeness (QED) is 0.881. The Balaban J connectivity index is 1.79. The normalized spacial score (nSPS) is 17.5. The third-order valence-electron chi connectivity index (χ3n) is 3.64. The predicted octanol–water partition coefficient (Wildman–Crippen LogP) is 2.58. The van der Waals surface area contributed by atoms with Crippen LogP contribution in [0.1, 0.15) is 6.42 Å². The number of hydrogen-bond donors (Lipinski definition) is 1. The van der Waals surface area contributed by atoms with Gasteiger partial charge in [-0.15, -0.1) is 0 Å². The molecule has 2 amide bonds. The molecule has 0 bridgehead atoms. The summed E-state index contributed by atoms with van der Waals surface area (Å²) in [4.78, 5) is 25.8. The lowest BCUT2D eigenvalue weighted by Gasteiger charge is -2.16. The number of anilines is 2. The average molecular weight is 314 g/mol. The summed E-state index contributed by atoms with van der Waals surface area (Å²) >= 11 is 0. The molecule has 1 heterocycles. The van der Waals surface area contributed by atoms with Crippen molar-refractivity contribution in [2.45, 2.75) is 12.5 Å². The van der Waals surface area contributed by atoms with E-state index in [1.807, 2.05) is 0 Å². The molecule has 1 aliphatic rings. The molecule has 1 aliphatic heterocycles. The highest BCUT2D eigenvalue weighted by atomic mass is 19.1. The molecular weight excluding hydrogens is 299 g/mol. The Morgan fingerprint density at radius 1 is 1.17 bits per heavy atom. The second-order valence-corrected chi connectivity index (χ2v) is 5.18. The van der Waals surface area contributed by atoms with Crippen LogP contribution >= 0.6 is 0 Å². The van der Waals surface area contributed by atoms with E-state index in [2.05, 4.69) is 5.32 Å². The molecule has 6 heteroatoms. The molecule has 0 unspecified atom stereocenters. The molecule has 1 atom stereocenters. The maximum Gasteiger partial charge on any atom is 0.256 e. The number of carbonyl (C=O) groups excluding carboxylic acids is 2. The summed E-state index contributed by atoms with van der Waals surface area (Å²) in [6.07, 6.45) is 0.0291. The molecule has 0 aliphatic carbocycles. The Bertz CT molecular complexity index is 746. The zero-order chi connectivity index (χ0) is 16.4. The van der Waals surface area contributed by atoms with E-state index >= 15 is 0 Å². The zero-order valence-electron chi connectivity index (χ0n) is 12.5. The van der Waals surface area contributed by atoms with Crippen LogP contribution in [0.15, 0.2) is 48.5 Å². The zero-order valence-corrected chi connectivity index (χ0v) is 12.5. The van der Waals surface area contributed by atoms with Crippen molar-refractivity contribution in [3.63, 3.8) is 0 Å². The Hall–Kier alpha value is -2.89. The minimum Gasteiger partial charge on any atom is -0.497 e. The van der Waals surface area contributed by atoms with E-state index in [1.54, 1.807) is 43.5 Å². The molecular formula is C17H15FN2O3. The Kier molecular flexibility index (Phi) is 3.97. The van der Waals surface area contributed by atoms with Crippen molar-refractivity contribution in [1.29, 1.82) is 0 Å². The lowest BCUT2D eigenvalue weighted by atomic mass is 10.2. The molecule has 1 N–H and O–H groups in total. The highest BCUT2D eigenvalue weighted by molar-refractivity contribution is 6.23. The van der Waals surface area contributed by atoms with Gasteiger partial charge >= 0.3 is 0 Å². The number of ether oxygens (including phenoxy) is 1. The topological polar surface area (TPSA) is 58.6 Å². The Morgan fingerprint density at radius 2 is 1.91 bits per heavy atom. The van der Waals surface area contributed by atoms with Gasteiger partial charge in [-0.2, -0.15) is 0 Å². The second kappa shape index (κ2) is 6.08. The third-order valence-corrected chi connectivity index (χ3v) is 3.64. The SMILES string of the molecule is COc1ccc(N2C(=O)C[C@H](Nc3cccc(F)c3)C2=O)cc1. The number of carbonyl (C=O) groups is 2. The van der Waals surface area contributed by atoms with Gasteiger partial charge in [-0.25, -0.2) is 9.29 Å². The van der Waals surface area contributed by atoms with E-state index in [9.17, 15) is 14.0 Å². The van der Waals surface area contributed by atoms with E-state index in [-0.39, 0.29) is 18.2 Å². The first-order chi connectivity index (χ1) is 11.1. The van der Waals surface area contributed by atoms with Gasteiger partial charge in [0.25, 0.3) is 5.91 Å². The lowest BCUT2D eigenvalue weighted by Crippen LogP contribution is -2.34. The van der Waals surface area contributed by atoms with Gasteiger partial charge in [0, 0.05) is 5.69 Å². The van der Waals surface area contributed by atoms with E-state index in [0.29, 0.717) is 17.1 Å². The first-order valence-electron chi connectivity index (χ1n) is 7.11. The van der Waals surface area contributed by atoms with Crippen molar-refractivity contribution in [3.05, 3.63) is 54.3 Å². The van der Waals surface area contributed by atoms with E-state index in [4.69, 9.17) is 4.74 Å². The molecule has 1 saturated heterocycles. The third kappa shape index (κ3) is 3.01. The average Bonchev–Trinajstić information content (AvgIpc) is 2.81. The van der Waals surface area contributed by atoms with Crippen LogP contribution in [0.4, 0.5) is 15.8 Å². The lowest BCUT2D eigenvalue weighted by molar-refractivity contribution is -0.121. The number of hydrogen-bond acceptors (Lipinski definition) is 4. The van der Waals surface area contributed by atoms with Gasteiger partial charge in [-0.1, -0.05) is 6.07 Å². The summed E-state index contributed by atoms with van der Waals surface area (Å²) < 4.78 is 18.3. The number of rotatable bonds is 4. The van der Waals surface area contributed by atoms with Crippen molar-refractivity contribution >= 4 is 23.2 Å². The molecule has 23 heavy (non-hydrogen) atoms. The number of nitrogens with one attached hydrogen (secondary N) is 1. The summed E-state index contributed by atoms with van der Waals surface area (Å²) in [7, 11) is 1.54. The number of nitrogens with zero attached hydrogens (tertiary/aromatic N) is 1. The molecule has 3 rings (SSSR count). The molecule has 0 spiro atoms. The molecule has 1 fully saturated rings. The largest absolute Gasteiger partial charge is 0.497 e. The summed E-state index contributed by atoms with van der Waals surface area (Å²) in [5, 5.41) is 2.91. The maximum absolute atomic E-state index is 13.2. The highest BCUT2D eigenvalue weighted by Crippen LogP contribution is 2.26. The standard InChI is InChI=1S/C17H15FN2O3/c1-23-14-7-5-13(6-8-14)20-16(21)10-15(17(20)22)19-12-4-2-3-11(18)9-12/h2-9,15,19H,10H2,1H3/t15-/m0/s1. The molecule has 2 aromatic carbocycles. The number of halogens is 1. The van der Waals surface area contributed by atoms with Crippen LogP contribution in [0.3, 0.4) is 0 Å². The van der Waals surface area contributed by atoms with Crippen LogP contribution < -0.4 is 15.0 Å². The number of imide groups is 1. The summed E-state index contributed by atoms with van der Waals surface area (Å²) in [6.45, 7) is 0. The van der Waals surface area contributed by atoms with E-state index in [1.165, 1.54) is 12.1 Å². The van der Waals surface area contributed by atoms with E-state index in [0.717, 1.165) is 4.90 Å². The van der Waals surface area contributed by atoms with Gasteiger partial charge in [0.2, 0.25) is 5.91 Å². The van der Waals surface area contributed by atoms with Crippen molar-refractivity contribution in [2.24, 2.45) is 0 Å². The van der Waals surface area contributed by atoms with Gasteiger partial charge in [0.15, 0.2) is 0 Å². The van der Waals surface area contributed by atoms with Gasteiger partial charge < -0.3 is 10.1 Å². The number of methoxy groups -OCH3 is 1. The fourth-order valence-corrected chi connectivity index (χ4v) is 2.53. The minimum atomic E-state index is -0.702. The number of amides is 2. The van der Waals surface area contributed by atoms with Crippen molar-refractivity contribution in [3.8, 4) is 5.75 Å². The predicted molar refractivity (Wildman–Crippen MR) is 83.9 cm³/mol. The smallest absolute Gasteiger partial charge is 0.256 e. The fraction of sp³-hybridized carbons (Fsp3) is 0.176. The van der Waals surface area contributed by atoms with Crippen LogP contribution in [0.25, 0.3) is 0 Å². The first kappa shape index (κ1) is 15.0. The van der Waals surface area contributed by atoms with Gasteiger partial charge in [-0.3, -0.25) is 9.59 Å². The van der Waals surface area contributed by atoms with Crippen LogP contribution in [-0.2, 0) is 9.59 Å². The fourth-order valence-electron chi connectivity index (χ4n) is 2.53. The molecule has 118 valence electrons. The van der Waals surface area contributed by atoms with Crippen molar-refractivity contribution in [2.75, 3.05) is 17.3 Å².